The van der Waals surface area contributed by atoms with Gasteiger partial charge in [0.2, 0.25) is 0 Å². The maximum Gasteiger partial charge on any atom is 0.147 e. The molecule has 0 saturated heterocycles. The average Bonchev–Trinajstić information content (AvgIpc) is 2.94. The van der Waals surface area contributed by atoms with E-state index < -0.39 is 0 Å². The van der Waals surface area contributed by atoms with Gasteiger partial charge in [0.25, 0.3) is 0 Å². The molecule has 1 nitrogen and oxygen atoms in total. The summed E-state index contributed by atoms with van der Waals surface area (Å²) in [7, 11) is 0. The van der Waals surface area contributed by atoms with Crippen molar-refractivity contribution in [3.05, 3.63) is 34.2 Å². The average molecular weight is 254 g/mol. The van der Waals surface area contributed by atoms with Crippen LogP contribution in [0.5, 0.6) is 0 Å². The molecule has 3 heteroatoms. The minimum Gasteiger partial charge on any atom is -0.355 e. The van der Waals surface area contributed by atoms with E-state index >= 15 is 0 Å². The zero-order valence-electron chi connectivity index (χ0n) is 7.48. The monoisotopic (exact) mass is 253 g/mol. The molecule has 14 heavy (non-hydrogen) atoms. The number of aromatic amines is 1. The van der Waals surface area contributed by atoms with Gasteiger partial charge < -0.3 is 4.98 Å². The normalized spacial score (nSPS) is 16.4. The topological polar surface area (TPSA) is 15.8 Å². The lowest BCUT2D eigenvalue weighted by Gasteiger charge is -1.91. The molecule has 0 atom stereocenters. The first-order valence-electron chi connectivity index (χ1n) is 4.73. The van der Waals surface area contributed by atoms with Crippen LogP contribution >= 0.6 is 15.9 Å². The number of halogens is 2. The number of para-hydroxylation sites is 1. The van der Waals surface area contributed by atoms with Crippen molar-refractivity contribution in [2.24, 2.45) is 0 Å². The van der Waals surface area contributed by atoms with E-state index in [0.717, 1.165) is 15.6 Å². The molecule has 1 saturated carbocycles. The summed E-state index contributed by atoms with van der Waals surface area (Å²) in [5, 5.41) is 0.951. The van der Waals surface area contributed by atoms with E-state index in [1.807, 2.05) is 6.07 Å². The quantitative estimate of drug-likeness (QED) is 0.793. The van der Waals surface area contributed by atoms with Crippen molar-refractivity contribution in [1.82, 2.24) is 4.98 Å². The van der Waals surface area contributed by atoms with Crippen LogP contribution in [0.1, 0.15) is 24.5 Å². The van der Waals surface area contributed by atoms with Gasteiger partial charge in [-0.25, -0.2) is 4.39 Å². The lowest BCUT2D eigenvalue weighted by Crippen LogP contribution is -1.79. The Labute approximate surface area is 89.4 Å². The van der Waals surface area contributed by atoms with Gasteiger partial charge in [-0.15, -0.1) is 0 Å². The molecule has 1 fully saturated rings. The van der Waals surface area contributed by atoms with E-state index in [1.54, 1.807) is 6.07 Å². The molecule has 1 heterocycles. The van der Waals surface area contributed by atoms with Crippen molar-refractivity contribution in [2.45, 2.75) is 18.8 Å². The molecule has 0 radical (unpaired) electrons. The zero-order chi connectivity index (χ0) is 9.71. The molecular formula is C11H9BrFN. The molecule has 0 bridgehead atoms. The van der Waals surface area contributed by atoms with E-state index in [2.05, 4.69) is 20.9 Å². The van der Waals surface area contributed by atoms with Crippen LogP contribution in [0, 0.1) is 5.82 Å². The molecule has 1 N–H and O–H groups in total. The lowest BCUT2D eigenvalue weighted by molar-refractivity contribution is 0.637. The highest BCUT2D eigenvalue weighted by atomic mass is 79.9. The van der Waals surface area contributed by atoms with E-state index in [-0.39, 0.29) is 5.82 Å². The van der Waals surface area contributed by atoms with Crippen molar-refractivity contribution in [1.29, 1.82) is 0 Å². The second kappa shape index (κ2) is 2.83. The van der Waals surface area contributed by atoms with Crippen molar-refractivity contribution >= 4 is 26.8 Å². The highest BCUT2D eigenvalue weighted by Gasteiger charge is 2.28. The Morgan fingerprint density at radius 3 is 2.79 bits per heavy atom. The Bertz CT molecular complexity index is 499. The van der Waals surface area contributed by atoms with Crippen LogP contribution in [-0.4, -0.2) is 4.98 Å². The number of nitrogens with one attached hydrogen (secondary N) is 1. The van der Waals surface area contributed by atoms with Gasteiger partial charge in [-0.1, -0.05) is 12.1 Å². The third-order valence-corrected chi connectivity index (χ3v) is 3.59. The van der Waals surface area contributed by atoms with E-state index in [1.165, 1.54) is 18.9 Å². The van der Waals surface area contributed by atoms with Crippen LogP contribution in [0.3, 0.4) is 0 Å². The molecule has 0 spiro atoms. The van der Waals surface area contributed by atoms with E-state index in [0.29, 0.717) is 11.4 Å². The Morgan fingerprint density at radius 1 is 1.36 bits per heavy atom. The van der Waals surface area contributed by atoms with Crippen molar-refractivity contribution in [3.8, 4) is 0 Å². The standard InChI is InChI=1S/C11H9BrFN/c12-9-7-2-1-3-8(13)11(7)14-10(9)6-4-5-6/h1-3,6,14H,4-5H2. The molecule has 1 aliphatic rings. The van der Waals surface area contributed by atoms with Crippen LogP contribution in [0.4, 0.5) is 4.39 Å². The van der Waals surface area contributed by atoms with Gasteiger partial charge in [0, 0.05) is 21.5 Å². The lowest BCUT2D eigenvalue weighted by atomic mass is 10.2. The smallest absolute Gasteiger partial charge is 0.147 e. The predicted molar refractivity (Wildman–Crippen MR) is 57.9 cm³/mol. The Kier molecular flexibility index (Phi) is 1.71. The molecule has 3 rings (SSSR count). The third-order valence-electron chi connectivity index (χ3n) is 2.73. The summed E-state index contributed by atoms with van der Waals surface area (Å²) in [6, 6.07) is 5.17. The minimum atomic E-state index is -0.171. The SMILES string of the molecule is Fc1cccc2c(Br)c(C3CC3)[nH]c12. The number of hydrogen-bond donors (Lipinski definition) is 1. The maximum absolute atomic E-state index is 13.4. The molecule has 2 aromatic rings. The van der Waals surface area contributed by atoms with E-state index in [9.17, 15) is 4.39 Å². The number of benzene rings is 1. The Hall–Kier alpha value is -0.830. The first-order chi connectivity index (χ1) is 6.77. The second-order valence-corrected chi connectivity index (χ2v) is 4.58. The van der Waals surface area contributed by atoms with Gasteiger partial charge in [-0.05, 0) is 34.8 Å². The second-order valence-electron chi connectivity index (χ2n) is 3.79. The Balaban J connectivity index is 2.33. The van der Waals surface area contributed by atoms with Gasteiger partial charge in [0.05, 0.1) is 5.52 Å². The fourth-order valence-electron chi connectivity index (χ4n) is 1.82. The van der Waals surface area contributed by atoms with Crippen LogP contribution in [0.2, 0.25) is 0 Å². The van der Waals surface area contributed by atoms with Gasteiger partial charge in [0.1, 0.15) is 5.82 Å². The molecule has 0 aliphatic heterocycles. The molecule has 1 aromatic heterocycles. The molecule has 72 valence electrons. The molecule has 1 aliphatic carbocycles. The number of aromatic nitrogens is 1. The fraction of sp³-hybridized carbons (Fsp3) is 0.273. The number of fused-ring (bicyclic) bond motifs is 1. The van der Waals surface area contributed by atoms with Crippen LogP contribution < -0.4 is 0 Å². The van der Waals surface area contributed by atoms with Crippen molar-refractivity contribution in [3.63, 3.8) is 0 Å². The van der Waals surface area contributed by atoms with Gasteiger partial charge >= 0.3 is 0 Å². The van der Waals surface area contributed by atoms with E-state index in [4.69, 9.17) is 0 Å². The van der Waals surface area contributed by atoms with Crippen molar-refractivity contribution < 1.29 is 4.39 Å². The first-order valence-corrected chi connectivity index (χ1v) is 5.52. The highest BCUT2D eigenvalue weighted by Crippen LogP contribution is 2.45. The molecule has 0 unspecified atom stereocenters. The summed E-state index contributed by atoms with van der Waals surface area (Å²) in [5.41, 5.74) is 1.78. The van der Waals surface area contributed by atoms with Gasteiger partial charge in [0.15, 0.2) is 0 Å². The minimum absolute atomic E-state index is 0.171. The molecule has 1 aromatic carbocycles. The number of hydrogen-bond acceptors (Lipinski definition) is 0. The maximum atomic E-state index is 13.4. The first kappa shape index (κ1) is 8.48. The van der Waals surface area contributed by atoms with Gasteiger partial charge in [-0.3, -0.25) is 0 Å². The largest absolute Gasteiger partial charge is 0.355 e. The molecular weight excluding hydrogens is 245 g/mol. The molecule has 0 amide bonds. The number of rotatable bonds is 1. The number of H-pyrrole nitrogens is 1. The zero-order valence-corrected chi connectivity index (χ0v) is 9.07. The summed E-state index contributed by atoms with van der Waals surface area (Å²) >= 11 is 3.53. The third kappa shape index (κ3) is 1.12. The Morgan fingerprint density at radius 2 is 2.14 bits per heavy atom. The summed E-state index contributed by atoms with van der Waals surface area (Å²) in [5.74, 6) is 0.436. The van der Waals surface area contributed by atoms with Crippen molar-refractivity contribution in [2.75, 3.05) is 0 Å². The fourth-order valence-corrected chi connectivity index (χ4v) is 2.58. The predicted octanol–water partition coefficient (Wildman–Crippen LogP) is 3.95. The summed E-state index contributed by atoms with van der Waals surface area (Å²) in [6.07, 6.45) is 2.43. The highest BCUT2D eigenvalue weighted by molar-refractivity contribution is 9.10. The summed E-state index contributed by atoms with van der Waals surface area (Å²) < 4.78 is 14.4. The summed E-state index contributed by atoms with van der Waals surface area (Å²) in [4.78, 5) is 3.17. The van der Waals surface area contributed by atoms with Crippen LogP contribution in [0.15, 0.2) is 22.7 Å². The van der Waals surface area contributed by atoms with Crippen LogP contribution in [0.25, 0.3) is 10.9 Å². The van der Waals surface area contributed by atoms with Crippen LogP contribution in [-0.2, 0) is 0 Å². The summed E-state index contributed by atoms with van der Waals surface area (Å²) in [6.45, 7) is 0. The van der Waals surface area contributed by atoms with Gasteiger partial charge in [-0.2, -0.15) is 0 Å².